The molecule has 2 unspecified atom stereocenters. The van der Waals surface area contributed by atoms with Gasteiger partial charge in [-0.25, -0.2) is 0 Å². The molecule has 0 aliphatic heterocycles. The first-order valence-corrected chi connectivity index (χ1v) is 7.65. The van der Waals surface area contributed by atoms with Crippen LogP contribution in [0, 0.1) is 11.8 Å². The van der Waals surface area contributed by atoms with Crippen LogP contribution in [0.5, 0.6) is 0 Å². The predicted molar refractivity (Wildman–Crippen MR) is 79.8 cm³/mol. The average molecular weight is 272 g/mol. The number of rotatable bonds is 11. The van der Waals surface area contributed by atoms with Gasteiger partial charge in [-0.15, -0.1) is 0 Å². The molecule has 0 radical (unpaired) electrons. The molecule has 0 rings (SSSR count). The third-order valence-corrected chi connectivity index (χ3v) is 3.64. The Kier molecular flexibility index (Phi) is 10.9. The predicted octanol–water partition coefficient (Wildman–Crippen LogP) is 2.05. The van der Waals surface area contributed by atoms with E-state index in [2.05, 4.69) is 26.1 Å². The van der Waals surface area contributed by atoms with E-state index in [1.165, 1.54) is 0 Å². The Labute approximate surface area is 118 Å². The van der Waals surface area contributed by atoms with E-state index >= 15 is 0 Å². The molecule has 0 saturated heterocycles. The van der Waals surface area contributed by atoms with Gasteiger partial charge in [-0.2, -0.15) is 0 Å². The van der Waals surface area contributed by atoms with Crippen molar-refractivity contribution in [2.75, 3.05) is 13.2 Å². The fourth-order valence-corrected chi connectivity index (χ4v) is 2.40. The van der Waals surface area contributed by atoms with E-state index in [9.17, 15) is 4.79 Å². The van der Waals surface area contributed by atoms with Gasteiger partial charge in [0.15, 0.2) is 0 Å². The van der Waals surface area contributed by atoms with Crippen molar-refractivity contribution < 1.29 is 9.90 Å². The van der Waals surface area contributed by atoms with Crippen LogP contribution in [-0.4, -0.2) is 30.2 Å². The lowest BCUT2D eigenvalue weighted by atomic mass is 9.94. The standard InChI is InChI=1S/C15H32N2O2/c1-4-5-13(8-10-16)6-7-15(19)17-14(9-11-18)12(2)3/h12-14,18H,4-11,16H2,1-3H3,(H,17,19). The summed E-state index contributed by atoms with van der Waals surface area (Å²) in [4.78, 5) is 11.9. The lowest BCUT2D eigenvalue weighted by Crippen LogP contribution is -2.39. The van der Waals surface area contributed by atoms with E-state index in [4.69, 9.17) is 10.8 Å². The number of carbonyl (C=O) groups excluding carboxylic acids is 1. The van der Waals surface area contributed by atoms with Gasteiger partial charge in [-0.05, 0) is 37.6 Å². The molecule has 0 spiro atoms. The summed E-state index contributed by atoms with van der Waals surface area (Å²) in [5, 5.41) is 12.0. The molecular formula is C15H32N2O2. The summed E-state index contributed by atoms with van der Waals surface area (Å²) in [5.41, 5.74) is 5.60. The van der Waals surface area contributed by atoms with Crippen LogP contribution in [0.3, 0.4) is 0 Å². The molecule has 0 aliphatic carbocycles. The Morgan fingerprint density at radius 2 is 1.89 bits per heavy atom. The number of nitrogens with two attached hydrogens (primary N) is 1. The van der Waals surface area contributed by atoms with E-state index in [1.807, 2.05) is 0 Å². The first-order chi connectivity index (χ1) is 9.04. The van der Waals surface area contributed by atoms with Crippen LogP contribution in [0.25, 0.3) is 0 Å². The zero-order valence-corrected chi connectivity index (χ0v) is 12.8. The highest BCUT2D eigenvalue weighted by molar-refractivity contribution is 5.76. The SMILES string of the molecule is CCCC(CCN)CCC(=O)NC(CCO)C(C)C. The minimum absolute atomic E-state index is 0.0802. The van der Waals surface area contributed by atoms with Crippen LogP contribution in [-0.2, 0) is 4.79 Å². The van der Waals surface area contributed by atoms with E-state index in [0.29, 0.717) is 31.2 Å². The van der Waals surface area contributed by atoms with Crippen molar-refractivity contribution in [1.29, 1.82) is 0 Å². The van der Waals surface area contributed by atoms with Crippen molar-refractivity contribution in [3.05, 3.63) is 0 Å². The van der Waals surface area contributed by atoms with Crippen molar-refractivity contribution in [1.82, 2.24) is 5.32 Å². The number of hydrogen-bond acceptors (Lipinski definition) is 3. The van der Waals surface area contributed by atoms with Gasteiger partial charge < -0.3 is 16.2 Å². The molecule has 0 heterocycles. The largest absolute Gasteiger partial charge is 0.396 e. The minimum Gasteiger partial charge on any atom is -0.396 e. The Bertz CT molecular complexity index is 226. The second-order valence-electron chi connectivity index (χ2n) is 5.70. The summed E-state index contributed by atoms with van der Waals surface area (Å²) < 4.78 is 0. The quantitative estimate of drug-likeness (QED) is 0.539. The van der Waals surface area contributed by atoms with Gasteiger partial charge >= 0.3 is 0 Å². The number of hydrogen-bond donors (Lipinski definition) is 3. The smallest absolute Gasteiger partial charge is 0.220 e. The minimum atomic E-state index is 0.0802. The molecule has 4 nitrogen and oxygen atoms in total. The number of carbonyl (C=O) groups is 1. The number of amides is 1. The van der Waals surface area contributed by atoms with Crippen LogP contribution in [0.2, 0.25) is 0 Å². The van der Waals surface area contributed by atoms with Crippen molar-refractivity contribution in [2.45, 2.75) is 65.3 Å². The van der Waals surface area contributed by atoms with Crippen LogP contribution >= 0.6 is 0 Å². The van der Waals surface area contributed by atoms with Gasteiger partial charge in [0.1, 0.15) is 0 Å². The fraction of sp³-hybridized carbons (Fsp3) is 0.933. The second kappa shape index (κ2) is 11.2. The normalized spacial score (nSPS) is 14.4. The Morgan fingerprint density at radius 1 is 1.21 bits per heavy atom. The van der Waals surface area contributed by atoms with E-state index < -0.39 is 0 Å². The summed E-state index contributed by atoms with van der Waals surface area (Å²) >= 11 is 0. The molecule has 0 aliphatic rings. The molecule has 4 N–H and O–H groups in total. The van der Waals surface area contributed by atoms with Crippen LogP contribution in [0.15, 0.2) is 0 Å². The van der Waals surface area contributed by atoms with Crippen LogP contribution < -0.4 is 11.1 Å². The summed E-state index contributed by atoms with van der Waals surface area (Å²) in [6.45, 7) is 7.11. The fourth-order valence-electron chi connectivity index (χ4n) is 2.40. The highest BCUT2D eigenvalue weighted by atomic mass is 16.3. The van der Waals surface area contributed by atoms with Gasteiger partial charge in [0.05, 0.1) is 0 Å². The first-order valence-electron chi connectivity index (χ1n) is 7.65. The monoisotopic (exact) mass is 272 g/mol. The Balaban J connectivity index is 4.06. The Morgan fingerprint density at radius 3 is 2.37 bits per heavy atom. The topological polar surface area (TPSA) is 75.4 Å². The van der Waals surface area contributed by atoms with Crippen LogP contribution in [0.1, 0.15) is 59.3 Å². The summed E-state index contributed by atoms with van der Waals surface area (Å²) in [6.07, 6.45) is 5.41. The maximum absolute atomic E-state index is 11.9. The van der Waals surface area contributed by atoms with Crippen LogP contribution in [0.4, 0.5) is 0 Å². The summed E-state index contributed by atoms with van der Waals surface area (Å²) in [6, 6.07) is 0.0802. The highest BCUT2D eigenvalue weighted by Crippen LogP contribution is 2.17. The van der Waals surface area contributed by atoms with E-state index in [1.54, 1.807) is 0 Å². The third kappa shape index (κ3) is 9.00. The molecule has 0 aromatic rings. The molecule has 2 atom stereocenters. The van der Waals surface area contributed by atoms with Gasteiger partial charge in [0, 0.05) is 19.1 Å². The molecule has 4 heteroatoms. The lowest BCUT2D eigenvalue weighted by molar-refractivity contribution is -0.122. The van der Waals surface area contributed by atoms with Crippen molar-refractivity contribution in [3.8, 4) is 0 Å². The molecule has 1 amide bonds. The molecule has 114 valence electrons. The maximum Gasteiger partial charge on any atom is 0.220 e. The number of nitrogens with one attached hydrogen (secondary N) is 1. The number of aliphatic hydroxyl groups is 1. The first kappa shape index (κ1) is 18.4. The van der Waals surface area contributed by atoms with Crippen molar-refractivity contribution >= 4 is 5.91 Å². The summed E-state index contributed by atoms with van der Waals surface area (Å²) in [5.74, 6) is 1.02. The van der Waals surface area contributed by atoms with Gasteiger partial charge in [0.2, 0.25) is 5.91 Å². The Hall–Kier alpha value is -0.610. The second-order valence-corrected chi connectivity index (χ2v) is 5.70. The van der Waals surface area contributed by atoms with Gasteiger partial charge in [0.25, 0.3) is 0 Å². The van der Waals surface area contributed by atoms with E-state index in [-0.39, 0.29) is 18.6 Å². The zero-order chi connectivity index (χ0) is 14.7. The van der Waals surface area contributed by atoms with Gasteiger partial charge in [-0.1, -0.05) is 33.6 Å². The van der Waals surface area contributed by atoms with Crippen molar-refractivity contribution in [2.24, 2.45) is 17.6 Å². The molecule has 0 saturated carbocycles. The summed E-state index contributed by atoms with van der Waals surface area (Å²) in [7, 11) is 0. The number of aliphatic hydroxyl groups excluding tert-OH is 1. The highest BCUT2D eigenvalue weighted by Gasteiger charge is 2.16. The molecule has 19 heavy (non-hydrogen) atoms. The third-order valence-electron chi connectivity index (χ3n) is 3.64. The lowest BCUT2D eigenvalue weighted by Gasteiger charge is -2.22. The average Bonchev–Trinajstić information content (AvgIpc) is 2.36. The molecule has 0 aromatic heterocycles. The molecular weight excluding hydrogens is 240 g/mol. The molecule has 0 fully saturated rings. The van der Waals surface area contributed by atoms with E-state index in [0.717, 1.165) is 25.7 Å². The molecule has 0 aromatic carbocycles. The maximum atomic E-state index is 11.9. The van der Waals surface area contributed by atoms with Gasteiger partial charge in [-0.3, -0.25) is 4.79 Å². The van der Waals surface area contributed by atoms with Crippen molar-refractivity contribution in [3.63, 3.8) is 0 Å². The molecule has 0 bridgehead atoms. The zero-order valence-electron chi connectivity index (χ0n) is 12.8.